The molecule has 0 atom stereocenters. The molecule has 3 nitrogen and oxygen atoms in total. The summed E-state index contributed by atoms with van der Waals surface area (Å²) in [7, 11) is 1.39. The van der Waals surface area contributed by atoms with Crippen molar-refractivity contribution in [3.05, 3.63) is 45.2 Å². The zero-order valence-corrected chi connectivity index (χ0v) is 11.8. The summed E-state index contributed by atoms with van der Waals surface area (Å²) in [6.07, 6.45) is 0.200. The van der Waals surface area contributed by atoms with E-state index in [1.807, 2.05) is 13.8 Å². The monoisotopic (exact) mass is 279 g/mol. The number of carbonyl (C=O) groups excluding carboxylic acids is 1. The third kappa shape index (κ3) is 2.98. The summed E-state index contributed by atoms with van der Waals surface area (Å²) < 4.78 is 18.3. The van der Waals surface area contributed by atoms with Crippen LogP contribution >= 0.6 is 11.3 Å². The Hall–Kier alpha value is -1.75. The van der Waals surface area contributed by atoms with Crippen molar-refractivity contribution in [1.82, 2.24) is 4.98 Å². The van der Waals surface area contributed by atoms with E-state index in [0.717, 1.165) is 15.6 Å². The van der Waals surface area contributed by atoms with E-state index in [4.69, 9.17) is 4.74 Å². The Morgan fingerprint density at radius 1 is 1.42 bits per heavy atom. The third-order valence-electron chi connectivity index (χ3n) is 2.86. The Morgan fingerprint density at radius 3 is 2.68 bits per heavy atom. The van der Waals surface area contributed by atoms with Gasteiger partial charge in [0.15, 0.2) is 17.3 Å². The van der Waals surface area contributed by atoms with Gasteiger partial charge in [0.25, 0.3) is 0 Å². The van der Waals surface area contributed by atoms with Crippen molar-refractivity contribution in [1.29, 1.82) is 0 Å². The molecule has 0 radical (unpaired) electrons. The van der Waals surface area contributed by atoms with Crippen LogP contribution < -0.4 is 4.74 Å². The van der Waals surface area contributed by atoms with Gasteiger partial charge in [0.1, 0.15) is 5.01 Å². The van der Waals surface area contributed by atoms with Crippen molar-refractivity contribution in [3.63, 3.8) is 0 Å². The fraction of sp³-hybridized carbons (Fsp3) is 0.286. The Kier molecular flexibility index (Phi) is 3.95. The Labute approximate surface area is 115 Å². The summed E-state index contributed by atoms with van der Waals surface area (Å²) in [6, 6.07) is 4.23. The lowest BCUT2D eigenvalue weighted by Gasteiger charge is -2.03. The molecule has 0 amide bonds. The first-order valence-electron chi connectivity index (χ1n) is 5.81. The maximum atomic E-state index is 13.5. The summed E-state index contributed by atoms with van der Waals surface area (Å²) in [4.78, 5) is 17.5. The Morgan fingerprint density at radius 2 is 2.16 bits per heavy atom. The van der Waals surface area contributed by atoms with E-state index in [1.165, 1.54) is 30.6 Å². The number of thiazole rings is 1. The molecule has 0 spiro atoms. The van der Waals surface area contributed by atoms with Crippen molar-refractivity contribution in [3.8, 4) is 5.75 Å². The molecule has 2 rings (SSSR count). The number of Topliss-reactive ketones (excluding diaryl/α,β-unsaturated/α-hetero) is 1. The lowest BCUT2D eigenvalue weighted by molar-refractivity contribution is 0.0992. The van der Waals surface area contributed by atoms with Gasteiger partial charge in [-0.25, -0.2) is 9.37 Å². The molecule has 19 heavy (non-hydrogen) atoms. The predicted molar refractivity (Wildman–Crippen MR) is 72.6 cm³/mol. The first-order chi connectivity index (χ1) is 9.01. The minimum atomic E-state index is -0.528. The lowest BCUT2D eigenvalue weighted by atomic mass is 10.1. The minimum Gasteiger partial charge on any atom is -0.494 e. The number of halogens is 1. The number of hydrogen-bond acceptors (Lipinski definition) is 4. The zero-order chi connectivity index (χ0) is 14.0. The number of hydrogen-bond donors (Lipinski definition) is 0. The topological polar surface area (TPSA) is 39.2 Å². The molecule has 0 aliphatic carbocycles. The zero-order valence-electron chi connectivity index (χ0n) is 11.0. The third-order valence-corrected chi connectivity index (χ3v) is 3.93. The van der Waals surface area contributed by atoms with Crippen molar-refractivity contribution in [2.45, 2.75) is 20.3 Å². The van der Waals surface area contributed by atoms with E-state index in [-0.39, 0.29) is 18.0 Å². The fourth-order valence-corrected chi connectivity index (χ4v) is 2.63. The van der Waals surface area contributed by atoms with Crippen LogP contribution in [0.3, 0.4) is 0 Å². The second-order valence-corrected chi connectivity index (χ2v) is 5.49. The van der Waals surface area contributed by atoms with Gasteiger partial charge in [-0.15, -0.1) is 11.3 Å². The van der Waals surface area contributed by atoms with Crippen LogP contribution in [-0.2, 0) is 6.42 Å². The summed E-state index contributed by atoms with van der Waals surface area (Å²) in [6.45, 7) is 3.88. The van der Waals surface area contributed by atoms with Crippen LogP contribution in [0.2, 0.25) is 0 Å². The molecule has 0 N–H and O–H groups in total. The molecule has 1 heterocycles. The highest BCUT2D eigenvalue weighted by molar-refractivity contribution is 7.11. The van der Waals surface area contributed by atoms with Crippen LogP contribution in [0.25, 0.3) is 0 Å². The second kappa shape index (κ2) is 5.48. The number of nitrogens with zero attached hydrogens (tertiary/aromatic N) is 1. The second-order valence-electron chi connectivity index (χ2n) is 4.20. The van der Waals surface area contributed by atoms with Gasteiger partial charge in [-0.2, -0.15) is 0 Å². The summed E-state index contributed by atoms with van der Waals surface area (Å²) >= 11 is 1.50. The molecular weight excluding hydrogens is 265 g/mol. The van der Waals surface area contributed by atoms with Gasteiger partial charge in [-0.3, -0.25) is 4.79 Å². The van der Waals surface area contributed by atoms with Crippen LogP contribution in [0.15, 0.2) is 18.2 Å². The highest BCUT2D eigenvalue weighted by Gasteiger charge is 2.13. The lowest BCUT2D eigenvalue weighted by Crippen LogP contribution is -2.04. The molecule has 0 saturated heterocycles. The average molecular weight is 279 g/mol. The largest absolute Gasteiger partial charge is 0.494 e. The van der Waals surface area contributed by atoms with Crippen molar-refractivity contribution in [2.24, 2.45) is 0 Å². The van der Waals surface area contributed by atoms with Gasteiger partial charge in [0, 0.05) is 10.4 Å². The number of methoxy groups -OCH3 is 1. The van der Waals surface area contributed by atoms with Gasteiger partial charge in [-0.1, -0.05) is 0 Å². The van der Waals surface area contributed by atoms with Crippen LogP contribution in [0.4, 0.5) is 4.39 Å². The Balaban J connectivity index is 2.18. The normalized spacial score (nSPS) is 10.5. The van der Waals surface area contributed by atoms with Crippen LogP contribution in [-0.4, -0.2) is 17.9 Å². The van der Waals surface area contributed by atoms with Gasteiger partial charge in [-0.05, 0) is 32.0 Å². The van der Waals surface area contributed by atoms with Gasteiger partial charge >= 0.3 is 0 Å². The molecule has 1 aromatic carbocycles. The SMILES string of the molecule is COc1ccc(C(=O)Cc2nc(C)c(C)s2)cc1F. The van der Waals surface area contributed by atoms with Crippen LogP contribution in [0, 0.1) is 19.7 Å². The number of ketones is 1. The predicted octanol–water partition coefficient (Wildman–Crippen LogP) is 3.33. The Bertz CT molecular complexity index is 602. The quantitative estimate of drug-likeness (QED) is 0.806. The van der Waals surface area contributed by atoms with Crippen molar-refractivity contribution < 1.29 is 13.9 Å². The summed E-state index contributed by atoms with van der Waals surface area (Å²) in [5.74, 6) is -0.535. The van der Waals surface area contributed by atoms with Gasteiger partial charge in [0.2, 0.25) is 0 Å². The standard InChI is InChI=1S/C14H14FNO2S/c1-8-9(2)19-14(16-8)7-12(17)10-4-5-13(18-3)11(15)6-10/h4-6H,7H2,1-3H3. The number of aryl methyl sites for hydroxylation is 2. The molecule has 0 unspecified atom stereocenters. The molecular formula is C14H14FNO2S. The molecule has 0 fully saturated rings. The molecule has 2 aromatic rings. The molecule has 0 aliphatic heterocycles. The van der Waals surface area contributed by atoms with E-state index in [1.54, 1.807) is 6.07 Å². The molecule has 0 bridgehead atoms. The highest BCUT2D eigenvalue weighted by atomic mass is 32.1. The molecule has 0 aliphatic rings. The van der Waals surface area contributed by atoms with E-state index < -0.39 is 5.82 Å². The van der Waals surface area contributed by atoms with Gasteiger partial charge < -0.3 is 4.74 Å². The number of ether oxygens (including phenoxy) is 1. The van der Waals surface area contributed by atoms with E-state index in [0.29, 0.717) is 5.56 Å². The molecule has 0 saturated carbocycles. The van der Waals surface area contributed by atoms with Crippen molar-refractivity contribution in [2.75, 3.05) is 7.11 Å². The first kappa shape index (κ1) is 13.7. The summed E-state index contributed by atoms with van der Waals surface area (Å²) in [5, 5.41) is 0.760. The maximum Gasteiger partial charge on any atom is 0.169 e. The highest BCUT2D eigenvalue weighted by Crippen LogP contribution is 2.21. The average Bonchev–Trinajstić information content (AvgIpc) is 2.68. The number of rotatable bonds is 4. The van der Waals surface area contributed by atoms with E-state index >= 15 is 0 Å². The molecule has 5 heteroatoms. The number of benzene rings is 1. The maximum absolute atomic E-state index is 13.5. The smallest absolute Gasteiger partial charge is 0.169 e. The van der Waals surface area contributed by atoms with Gasteiger partial charge in [0.05, 0.1) is 19.2 Å². The molecule has 100 valence electrons. The van der Waals surface area contributed by atoms with Crippen LogP contribution in [0.1, 0.15) is 25.9 Å². The molecule has 1 aromatic heterocycles. The first-order valence-corrected chi connectivity index (χ1v) is 6.62. The van der Waals surface area contributed by atoms with Crippen molar-refractivity contribution >= 4 is 17.1 Å². The van der Waals surface area contributed by atoms with Crippen LogP contribution in [0.5, 0.6) is 5.75 Å². The number of carbonyl (C=O) groups is 1. The summed E-state index contributed by atoms with van der Waals surface area (Å²) in [5.41, 5.74) is 1.28. The van der Waals surface area contributed by atoms with E-state index in [2.05, 4.69) is 4.98 Å². The minimum absolute atomic E-state index is 0.137. The van der Waals surface area contributed by atoms with E-state index in [9.17, 15) is 9.18 Å². The number of aromatic nitrogens is 1. The fourth-order valence-electron chi connectivity index (χ4n) is 1.69.